The lowest BCUT2D eigenvalue weighted by atomic mass is 9.99. The number of rotatable bonds is 3. The first-order valence-electron chi connectivity index (χ1n) is 7.42. The second-order valence-corrected chi connectivity index (χ2v) is 5.59. The molecule has 8 heteroatoms. The molecule has 2 aromatic heterocycles. The molecule has 1 atom stereocenters. The zero-order chi connectivity index (χ0) is 16.7. The normalized spacial score (nSPS) is 16.5. The third-order valence-electron chi connectivity index (χ3n) is 4.19. The predicted octanol–water partition coefficient (Wildman–Crippen LogP) is 2.52. The van der Waals surface area contributed by atoms with Crippen molar-refractivity contribution >= 4 is 16.6 Å². The van der Waals surface area contributed by atoms with Crippen LogP contribution in [0.1, 0.15) is 11.6 Å². The minimum atomic E-state index is -0.453. The van der Waals surface area contributed by atoms with Crippen LogP contribution in [0.5, 0.6) is 11.5 Å². The van der Waals surface area contributed by atoms with Gasteiger partial charge in [0.15, 0.2) is 0 Å². The Labute approximate surface area is 136 Å². The fourth-order valence-electron chi connectivity index (χ4n) is 2.94. The smallest absolute Gasteiger partial charge is 0.307 e. The number of fused-ring (bicyclic) bond motifs is 3. The highest BCUT2D eigenvalue weighted by Crippen LogP contribution is 2.35. The van der Waals surface area contributed by atoms with E-state index >= 15 is 0 Å². The van der Waals surface area contributed by atoms with E-state index < -0.39 is 4.92 Å². The van der Waals surface area contributed by atoms with Gasteiger partial charge in [-0.05, 0) is 18.2 Å². The number of nitro groups is 1. The topological polar surface area (TPSA) is 92.3 Å². The number of hydrogen-bond acceptors (Lipinski definition) is 6. The fraction of sp³-hybridized carbons (Fsp3) is 0.250. The van der Waals surface area contributed by atoms with Crippen LogP contribution in [0.2, 0.25) is 0 Å². The summed E-state index contributed by atoms with van der Waals surface area (Å²) in [7, 11) is 1.62. The van der Waals surface area contributed by atoms with Gasteiger partial charge in [-0.25, -0.2) is 0 Å². The number of benzene rings is 1. The van der Waals surface area contributed by atoms with Crippen LogP contribution in [0, 0.1) is 10.1 Å². The van der Waals surface area contributed by atoms with Crippen LogP contribution >= 0.6 is 0 Å². The van der Waals surface area contributed by atoms with E-state index in [1.165, 1.54) is 12.4 Å². The summed E-state index contributed by atoms with van der Waals surface area (Å²) < 4.78 is 12.7. The maximum atomic E-state index is 10.8. The van der Waals surface area contributed by atoms with Gasteiger partial charge < -0.3 is 9.47 Å². The predicted molar refractivity (Wildman–Crippen MR) is 85.4 cm³/mol. The summed E-state index contributed by atoms with van der Waals surface area (Å²) in [6.45, 7) is 0.392. The van der Waals surface area contributed by atoms with Crippen LogP contribution in [0.25, 0.3) is 10.9 Å². The van der Waals surface area contributed by atoms with Crippen molar-refractivity contribution in [3.05, 3.63) is 52.5 Å². The third kappa shape index (κ3) is 2.32. The van der Waals surface area contributed by atoms with Crippen molar-refractivity contribution in [1.29, 1.82) is 0 Å². The second kappa shape index (κ2) is 5.48. The zero-order valence-electron chi connectivity index (χ0n) is 12.9. The Hall–Kier alpha value is -3.16. The van der Waals surface area contributed by atoms with Crippen molar-refractivity contribution in [3.63, 3.8) is 0 Å². The lowest BCUT2D eigenvalue weighted by Gasteiger charge is -2.26. The molecule has 0 spiro atoms. The van der Waals surface area contributed by atoms with E-state index in [1.807, 2.05) is 18.2 Å². The molecule has 4 rings (SSSR count). The first kappa shape index (κ1) is 14.4. The van der Waals surface area contributed by atoms with Crippen molar-refractivity contribution < 1.29 is 14.4 Å². The molecule has 24 heavy (non-hydrogen) atoms. The molecule has 1 aromatic carbocycles. The van der Waals surface area contributed by atoms with Gasteiger partial charge in [0, 0.05) is 17.4 Å². The second-order valence-electron chi connectivity index (χ2n) is 5.59. The number of ether oxygens (including phenoxy) is 2. The Morgan fingerprint density at radius 2 is 2.29 bits per heavy atom. The lowest BCUT2D eigenvalue weighted by molar-refractivity contribution is -0.385. The molecule has 0 radical (unpaired) electrons. The van der Waals surface area contributed by atoms with Crippen LogP contribution in [0.15, 0.2) is 36.8 Å². The summed E-state index contributed by atoms with van der Waals surface area (Å²) in [6.07, 6.45) is 5.05. The number of methoxy groups -OCH3 is 1. The highest BCUT2D eigenvalue weighted by Gasteiger charge is 2.25. The summed E-state index contributed by atoms with van der Waals surface area (Å²) in [5, 5.41) is 15.9. The van der Waals surface area contributed by atoms with Crippen molar-refractivity contribution in [2.24, 2.45) is 0 Å². The average Bonchev–Trinajstić information content (AvgIpc) is 3.11. The van der Waals surface area contributed by atoms with Gasteiger partial charge in [-0.3, -0.25) is 19.8 Å². The van der Waals surface area contributed by atoms with E-state index in [1.54, 1.807) is 18.0 Å². The Balaban J connectivity index is 1.74. The molecule has 0 saturated heterocycles. The standard InChI is InChI=1S/C16H14N4O4/c1-23-12-2-3-15-13(5-12)14-4-10(9-24-16(14)7-17-15)19-8-11(6-18-19)20(21)22/h2-3,5-8,10H,4,9H2,1H3. The van der Waals surface area contributed by atoms with E-state index in [9.17, 15) is 10.1 Å². The molecule has 3 heterocycles. The highest BCUT2D eigenvalue weighted by molar-refractivity contribution is 5.85. The van der Waals surface area contributed by atoms with Gasteiger partial charge in [0.25, 0.3) is 0 Å². The fourth-order valence-corrected chi connectivity index (χ4v) is 2.94. The SMILES string of the molecule is COc1ccc2ncc3c(c2c1)CC(n1cc([N+](=O)[O-])cn1)CO3. The van der Waals surface area contributed by atoms with E-state index in [-0.39, 0.29) is 11.7 Å². The third-order valence-corrected chi connectivity index (χ3v) is 4.19. The molecule has 122 valence electrons. The molecular weight excluding hydrogens is 312 g/mol. The Morgan fingerprint density at radius 3 is 3.04 bits per heavy atom. The van der Waals surface area contributed by atoms with Crippen molar-refractivity contribution in [1.82, 2.24) is 14.8 Å². The van der Waals surface area contributed by atoms with Gasteiger partial charge in [-0.2, -0.15) is 5.10 Å². The van der Waals surface area contributed by atoms with Crippen LogP contribution in [-0.2, 0) is 6.42 Å². The van der Waals surface area contributed by atoms with Crippen LogP contribution in [0.3, 0.4) is 0 Å². The van der Waals surface area contributed by atoms with Gasteiger partial charge in [-0.1, -0.05) is 0 Å². The Morgan fingerprint density at radius 1 is 1.42 bits per heavy atom. The summed E-state index contributed by atoms with van der Waals surface area (Å²) in [6, 6.07) is 5.58. The van der Waals surface area contributed by atoms with Gasteiger partial charge in [0.1, 0.15) is 30.5 Å². The van der Waals surface area contributed by atoms with Gasteiger partial charge >= 0.3 is 5.69 Å². The molecule has 3 aromatic rings. The number of nitrogens with zero attached hydrogens (tertiary/aromatic N) is 4. The Kier molecular flexibility index (Phi) is 3.30. The molecule has 0 N–H and O–H groups in total. The van der Waals surface area contributed by atoms with Crippen molar-refractivity contribution in [3.8, 4) is 11.5 Å². The largest absolute Gasteiger partial charge is 0.497 e. The number of hydrogen-bond donors (Lipinski definition) is 0. The summed E-state index contributed by atoms with van der Waals surface area (Å²) >= 11 is 0. The molecule has 1 aliphatic heterocycles. The maximum absolute atomic E-state index is 10.8. The van der Waals surface area contributed by atoms with E-state index in [4.69, 9.17) is 9.47 Å². The molecular formula is C16H14N4O4. The summed E-state index contributed by atoms with van der Waals surface area (Å²) in [5.41, 5.74) is 1.83. The molecule has 8 nitrogen and oxygen atoms in total. The maximum Gasteiger partial charge on any atom is 0.307 e. The van der Waals surface area contributed by atoms with E-state index in [2.05, 4.69) is 10.1 Å². The number of aromatic nitrogens is 3. The molecule has 0 bridgehead atoms. The Bertz CT molecular complexity index is 932. The summed E-state index contributed by atoms with van der Waals surface area (Å²) in [5.74, 6) is 1.48. The quantitative estimate of drug-likeness (QED) is 0.542. The van der Waals surface area contributed by atoms with Crippen LogP contribution < -0.4 is 9.47 Å². The van der Waals surface area contributed by atoms with Gasteiger partial charge in [-0.15, -0.1) is 0 Å². The highest BCUT2D eigenvalue weighted by atomic mass is 16.6. The first-order chi connectivity index (χ1) is 11.7. The lowest BCUT2D eigenvalue weighted by Crippen LogP contribution is -2.25. The summed E-state index contributed by atoms with van der Waals surface area (Å²) in [4.78, 5) is 14.8. The van der Waals surface area contributed by atoms with Crippen LogP contribution in [-0.4, -0.2) is 33.4 Å². The molecule has 0 aliphatic carbocycles. The molecule has 1 aliphatic rings. The zero-order valence-corrected chi connectivity index (χ0v) is 12.9. The van der Waals surface area contributed by atoms with E-state index in [0.717, 1.165) is 28.0 Å². The monoisotopic (exact) mass is 326 g/mol. The van der Waals surface area contributed by atoms with Gasteiger partial charge in [0.05, 0.1) is 29.8 Å². The van der Waals surface area contributed by atoms with Gasteiger partial charge in [0.2, 0.25) is 0 Å². The van der Waals surface area contributed by atoms with Crippen molar-refractivity contribution in [2.45, 2.75) is 12.5 Å². The van der Waals surface area contributed by atoms with Crippen LogP contribution in [0.4, 0.5) is 5.69 Å². The first-order valence-corrected chi connectivity index (χ1v) is 7.42. The average molecular weight is 326 g/mol. The van der Waals surface area contributed by atoms with E-state index in [0.29, 0.717) is 13.0 Å². The minimum Gasteiger partial charge on any atom is -0.497 e. The molecule has 1 unspecified atom stereocenters. The minimum absolute atomic E-state index is 0.0259. The molecule has 0 saturated carbocycles. The molecule has 0 amide bonds. The van der Waals surface area contributed by atoms with Crippen molar-refractivity contribution in [2.75, 3.05) is 13.7 Å². The molecule has 0 fully saturated rings. The number of pyridine rings is 1.